The molecule has 2 fully saturated rings. The first-order valence-corrected chi connectivity index (χ1v) is 8.95. The number of hydrogen-bond acceptors (Lipinski definition) is 3. The highest BCUT2D eigenvalue weighted by Gasteiger charge is 2.52. The van der Waals surface area contributed by atoms with E-state index >= 15 is 0 Å². The molecule has 0 aromatic heterocycles. The number of nitrogens with zero attached hydrogens (tertiary/aromatic N) is 1. The van der Waals surface area contributed by atoms with Gasteiger partial charge in [0.1, 0.15) is 5.54 Å². The van der Waals surface area contributed by atoms with Crippen molar-refractivity contribution in [3.63, 3.8) is 0 Å². The van der Waals surface area contributed by atoms with Gasteiger partial charge in [0, 0.05) is 18.7 Å². The molecule has 0 unspecified atom stereocenters. The maximum Gasteiger partial charge on any atom is 0.325 e. The first kappa shape index (κ1) is 17.5. The summed E-state index contributed by atoms with van der Waals surface area (Å²) in [6, 6.07) is 7.34. The molecule has 4 amide bonds. The van der Waals surface area contributed by atoms with Gasteiger partial charge < -0.3 is 10.6 Å². The quantitative estimate of drug-likeness (QED) is 0.807. The first-order valence-electron chi connectivity index (χ1n) is 8.95. The molecule has 1 saturated carbocycles. The van der Waals surface area contributed by atoms with E-state index in [-0.39, 0.29) is 30.8 Å². The fourth-order valence-electron chi connectivity index (χ4n) is 3.61. The molecule has 0 atom stereocenters. The van der Waals surface area contributed by atoms with E-state index < -0.39 is 5.54 Å². The number of carbonyl (C=O) groups excluding carboxylic acids is 3. The van der Waals surface area contributed by atoms with Crippen LogP contribution in [-0.4, -0.2) is 34.8 Å². The van der Waals surface area contributed by atoms with Crippen LogP contribution < -0.4 is 10.6 Å². The predicted molar refractivity (Wildman–Crippen MR) is 95.2 cm³/mol. The number of carbonyl (C=O) groups is 3. The van der Waals surface area contributed by atoms with Crippen LogP contribution in [0.15, 0.2) is 24.3 Å². The summed E-state index contributed by atoms with van der Waals surface area (Å²) in [4.78, 5) is 38.0. The summed E-state index contributed by atoms with van der Waals surface area (Å²) in [6.45, 7) is 4.30. The van der Waals surface area contributed by atoms with E-state index in [9.17, 15) is 14.4 Å². The third kappa shape index (κ3) is 3.52. The molecule has 1 heterocycles. The highest BCUT2D eigenvalue weighted by molar-refractivity contribution is 6.07. The summed E-state index contributed by atoms with van der Waals surface area (Å²) in [5.41, 5.74) is 1.18. The molecule has 3 rings (SSSR count). The third-order valence-corrected chi connectivity index (χ3v) is 5.10. The lowest BCUT2D eigenvalue weighted by Crippen LogP contribution is -2.44. The van der Waals surface area contributed by atoms with Crippen LogP contribution in [0.3, 0.4) is 0 Å². The normalized spacial score (nSPS) is 18.9. The Bertz CT molecular complexity index is 693. The van der Waals surface area contributed by atoms with Crippen LogP contribution in [0.1, 0.15) is 57.4 Å². The minimum absolute atomic E-state index is 0.0984. The van der Waals surface area contributed by atoms with Crippen LogP contribution >= 0.6 is 0 Å². The van der Waals surface area contributed by atoms with Gasteiger partial charge in [0.25, 0.3) is 5.91 Å². The highest BCUT2D eigenvalue weighted by atomic mass is 16.2. The van der Waals surface area contributed by atoms with Crippen molar-refractivity contribution in [3.8, 4) is 0 Å². The molecule has 1 aliphatic carbocycles. The van der Waals surface area contributed by atoms with Crippen molar-refractivity contribution < 1.29 is 14.4 Å². The zero-order chi connectivity index (χ0) is 18.0. The third-order valence-electron chi connectivity index (χ3n) is 5.10. The Morgan fingerprint density at radius 1 is 1.28 bits per heavy atom. The van der Waals surface area contributed by atoms with Crippen molar-refractivity contribution in [2.45, 2.75) is 57.4 Å². The molecule has 1 spiro atoms. The Kier molecular flexibility index (Phi) is 4.79. The van der Waals surface area contributed by atoms with Crippen LogP contribution in [0, 0.1) is 0 Å². The molecule has 2 N–H and O–H groups in total. The van der Waals surface area contributed by atoms with Crippen molar-refractivity contribution in [2.24, 2.45) is 0 Å². The van der Waals surface area contributed by atoms with Gasteiger partial charge in [-0.25, -0.2) is 4.79 Å². The van der Waals surface area contributed by atoms with Gasteiger partial charge in [-0.15, -0.1) is 0 Å². The SMILES string of the molecule is CC(C)c1cccc(NC(=O)CCN2C(=O)NC3(CCCC3)C2=O)c1. The van der Waals surface area contributed by atoms with Gasteiger partial charge in [0.15, 0.2) is 0 Å². The van der Waals surface area contributed by atoms with Gasteiger partial charge in [0.05, 0.1) is 0 Å². The number of rotatable bonds is 5. The van der Waals surface area contributed by atoms with Gasteiger partial charge >= 0.3 is 6.03 Å². The number of anilines is 1. The number of amides is 4. The molecule has 6 nitrogen and oxygen atoms in total. The van der Waals surface area contributed by atoms with Crippen molar-refractivity contribution in [1.82, 2.24) is 10.2 Å². The van der Waals surface area contributed by atoms with Crippen molar-refractivity contribution in [1.29, 1.82) is 0 Å². The monoisotopic (exact) mass is 343 g/mol. The molecular formula is C19H25N3O3. The Labute approximate surface area is 148 Å². The van der Waals surface area contributed by atoms with E-state index in [1.54, 1.807) is 0 Å². The minimum Gasteiger partial charge on any atom is -0.326 e. The van der Waals surface area contributed by atoms with Crippen LogP contribution in [-0.2, 0) is 9.59 Å². The first-order chi connectivity index (χ1) is 11.9. The summed E-state index contributed by atoms with van der Waals surface area (Å²) < 4.78 is 0. The highest BCUT2D eigenvalue weighted by Crippen LogP contribution is 2.35. The molecule has 25 heavy (non-hydrogen) atoms. The fourth-order valence-corrected chi connectivity index (χ4v) is 3.61. The second kappa shape index (κ2) is 6.86. The van der Waals surface area contributed by atoms with Gasteiger partial charge in [-0.3, -0.25) is 14.5 Å². The average Bonchev–Trinajstić information content (AvgIpc) is 3.12. The van der Waals surface area contributed by atoms with E-state index in [4.69, 9.17) is 0 Å². The molecule has 2 aliphatic rings. The lowest BCUT2D eigenvalue weighted by molar-refractivity contribution is -0.131. The molecular weight excluding hydrogens is 318 g/mol. The summed E-state index contributed by atoms with van der Waals surface area (Å²) in [5.74, 6) is 0.00357. The molecule has 1 aromatic rings. The van der Waals surface area contributed by atoms with Gasteiger partial charge in [-0.05, 0) is 36.5 Å². The molecule has 0 bridgehead atoms. The lowest BCUT2D eigenvalue weighted by atomic mass is 9.98. The maximum atomic E-state index is 12.5. The van der Waals surface area contributed by atoms with Crippen LogP contribution in [0.25, 0.3) is 0 Å². The van der Waals surface area contributed by atoms with Crippen LogP contribution in [0.4, 0.5) is 10.5 Å². The van der Waals surface area contributed by atoms with Gasteiger partial charge in [-0.2, -0.15) is 0 Å². The molecule has 1 saturated heterocycles. The minimum atomic E-state index is -0.709. The van der Waals surface area contributed by atoms with Crippen molar-refractivity contribution in [3.05, 3.63) is 29.8 Å². The van der Waals surface area contributed by atoms with E-state index in [0.29, 0.717) is 18.8 Å². The summed E-state index contributed by atoms with van der Waals surface area (Å²) in [7, 11) is 0. The molecule has 1 aromatic carbocycles. The van der Waals surface area contributed by atoms with E-state index in [2.05, 4.69) is 24.5 Å². The van der Waals surface area contributed by atoms with Crippen LogP contribution in [0.5, 0.6) is 0 Å². The Morgan fingerprint density at radius 2 is 2.00 bits per heavy atom. The number of hydrogen-bond donors (Lipinski definition) is 2. The number of urea groups is 1. The van der Waals surface area contributed by atoms with Gasteiger partial charge in [0.2, 0.25) is 5.91 Å². The second-order valence-corrected chi connectivity index (χ2v) is 7.25. The molecule has 134 valence electrons. The van der Waals surface area contributed by atoms with Crippen LogP contribution in [0.2, 0.25) is 0 Å². The number of benzene rings is 1. The average molecular weight is 343 g/mol. The molecule has 6 heteroatoms. The fraction of sp³-hybridized carbons (Fsp3) is 0.526. The van der Waals surface area contributed by atoms with E-state index in [1.807, 2.05) is 24.3 Å². The number of nitrogens with one attached hydrogen (secondary N) is 2. The van der Waals surface area contributed by atoms with Crippen molar-refractivity contribution in [2.75, 3.05) is 11.9 Å². The zero-order valence-electron chi connectivity index (χ0n) is 14.8. The largest absolute Gasteiger partial charge is 0.326 e. The standard InChI is InChI=1S/C19H25N3O3/c1-13(2)14-6-5-7-15(12-14)20-16(23)8-11-22-17(24)19(21-18(22)25)9-3-4-10-19/h5-7,12-13H,3-4,8-11H2,1-2H3,(H,20,23)(H,21,25). The smallest absolute Gasteiger partial charge is 0.325 e. The topological polar surface area (TPSA) is 78.5 Å². The lowest BCUT2D eigenvalue weighted by Gasteiger charge is -2.19. The predicted octanol–water partition coefficient (Wildman–Crippen LogP) is 3.00. The Balaban J connectivity index is 1.56. The summed E-state index contributed by atoms with van der Waals surface area (Å²) in [6.07, 6.45) is 3.39. The van der Waals surface area contributed by atoms with E-state index in [0.717, 1.165) is 24.1 Å². The van der Waals surface area contributed by atoms with Gasteiger partial charge in [-0.1, -0.05) is 38.8 Å². The Hall–Kier alpha value is -2.37. The second-order valence-electron chi connectivity index (χ2n) is 7.25. The number of imide groups is 1. The Morgan fingerprint density at radius 3 is 2.68 bits per heavy atom. The summed E-state index contributed by atoms with van der Waals surface area (Å²) >= 11 is 0. The molecule has 1 aliphatic heterocycles. The zero-order valence-corrected chi connectivity index (χ0v) is 14.8. The van der Waals surface area contributed by atoms with E-state index in [1.165, 1.54) is 4.90 Å². The van der Waals surface area contributed by atoms with Crippen molar-refractivity contribution >= 4 is 23.5 Å². The maximum absolute atomic E-state index is 12.5. The molecule has 0 radical (unpaired) electrons. The summed E-state index contributed by atoms with van der Waals surface area (Å²) in [5, 5.41) is 5.67.